The number of nitrogens with zero attached hydrogens (tertiary/aromatic N) is 1. The first kappa shape index (κ1) is 11.5. The molecule has 2 heterocycles. The Balaban J connectivity index is 2.18. The maximum atomic E-state index is 11.4. The van der Waals surface area contributed by atoms with E-state index in [9.17, 15) is 18.0 Å². The monoisotopic (exact) mass is 247 g/mol. The molecule has 2 fully saturated rings. The van der Waals surface area contributed by atoms with Crippen molar-refractivity contribution in [3.05, 3.63) is 0 Å². The number of rotatable bonds is 1. The van der Waals surface area contributed by atoms with Crippen LogP contribution in [0.1, 0.15) is 13.3 Å². The Morgan fingerprint density at radius 2 is 1.81 bits per heavy atom. The number of hydrogen-bond donors (Lipinski definition) is 0. The minimum atomic E-state index is -3.04. The average Bonchev–Trinajstić information content (AvgIpc) is 2.40. The van der Waals surface area contributed by atoms with Crippen molar-refractivity contribution in [2.45, 2.75) is 18.9 Å². The van der Waals surface area contributed by atoms with E-state index in [2.05, 4.69) is 4.74 Å². The number of morpholine rings is 1. The third-order valence-corrected chi connectivity index (χ3v) is 5.00. The van der Waals surface area contributed by atoms with Crippen LogP contribution in [0.5, 0.6) is 0 Å². The highest BCUT2D eigenvalue weighted by Crippen LogP contribution is 2.30. The Hall–Kier alpha value is -0.950. The molecule has 2 aliphatic heterocycles. The quantitative estimate of drug-likeness (QED) is 0.434. The van der Waals surface area contributed by atoms with Crippen LogP contribution in [-0.2, 0) is 24.2 Å². The molecule has 16 heavy (non-hydrogen) atoms. The lowest BCUT2D eigenvalue weighted by Gasteiger charge is -2.37. The third kappa shape index (κ3) is 2.10. The van der Waals surface area contributed by atoms with Crippen LogP contribution >= 0.6 is 0 Å². The second-order valence-electron chi connectivity index (χ2n) is 4.54. The lowest BCUT2D eigenvalue weighted by molar-refractivity contribution is -0.169. The first-order valence-electron chi connectivity index (χ1n) is 5.00. The Labute approximate surface area is 93.5 Å². The maximum Gasteiger partial charge on any atom is 0.327 e. The molecule has 1 unspecified atom stereocenters. The molecule has 1 atom stereocenters. The first-order chi connectivity index (χ1) is 7.31. The van der Waals surface area contributed by atoms with Crippen LogP contribution in [-0.4, -0.2) is 55.4 Å². The van der Waals surface area contributed by atoms with Crippen molar-refractivity contribution in [3.63, 3.8) is 0 Å². The predicted octanol–water partition coefficient (Wildman–Crippen LogP) is -1.05. The Morgan fingerprint density at radius 3 is 2.25 bits per heavy atom. The summed E-state index contributed by atoms with van der Waals surface area (Å²) in [5.41, 5.74) is -0.617. The van der Waals surface area contributed by atoms with Crippen LogP contribution in [0.4, 0.5) is 0 Å². The normalized spacial score (nSPS) is 35.1. The third-order valence-electron chi connectivity index (χ3n) is 3.11. The molecule has 0 spiro atoms. The van der Waals surface area contributed by atoms with Crippen molar-refractivity contribution in [2.75, 3.05) is 24.6 Å². The van der Waals surface area contributed by atoms with Crippen LogP contribution < -0.4 is 0 Å². The number of cyclic esters (lactones) is 2. The summed E-state index contributed by atoms with van der Waals surface area (Å²) >= 11 is 0. The topological polar surface area (TPSA) is 80.8 Å². The Kier molecular flexibility index (Phi) is 2.54. The Morgan fingerprint density at radius 1 is 1.25 bits per heavy atom. The minimum Gasteiger partial charge on any atom is -0.391 e. The zero-order chi connectivity index (χ0) is 12.0. The molecule has 0 amide bonds. The SMILES string of the molecule is CC1(N2CC(=O)OC(=O)C2)CCS(=O)(=O)C1. The van der Waals surface area contributed by atoms with Gasteiger partial charge in [0.25, 0.3) is 0 Å². The van der Waals surface area contributed by atoms with E-state index in [4.69, 9.17) is 0 Å². The van der Waals surface area contributed by atoms with Gasteiger partial charge in [0.15, 0.2) is 9.84 Å². The second-order valence-corrected chi connectivity index (χ2v) is 6.73. The molecular formula is C9H13NO5S. The summed E-state index contributed by atoms with van der Waals surface area (Å²) in [7, 11) is -3.04. The van der Waals surface area contributed by atoms with E-state index in [0.29, 0.717) is 6.42 Å². The van der Waals surface area contributed by atoms with Crippen molar-refractivity contribution in [2.24, 2.45) is 0 Å². The van der Waals surface area contributed by atoms with Gasteiger partial charge in [0.1, 0.15) is 0 Å². The van der Waals surface area contributed by atoms with Gasteiger partial charge in [-0.3, -0.25) is 14.5 Å². The summed E-state index contributed by atoms with van der Waals surface area (Å²) in [6, 6.07) is 0. The molecule has 2 saturated heterocycles. The van der Waals surface area contributed by atoms with Crippen LogP contribution in [0.2, 0.25) is 0 Å². The van der Waals surface area contributed by atoms with Crippen LogP contribution in [0.3, 0.4) is 0 Å². The summed E-state index contributed by atoms with van der Waals surface area (Å²) in [6.45, 7) is 1.74. The van der Waals surface area contributed by atoms with Gasteiger partial charge in [-0.2, -0.15) is 0 Å². The molecule has 0 radical (unpaired) electrons. The molecule has 6 nitrogen and oxygen atoms in total. The van der Waals surface area contributed by atoms with E-state index in [0.717, 1.165) is 0 Å². The van der Waals surface area contributed by atoms with Gasteiger partial charge in [0.05, 0.1) is 24.6 Å². The van der Waals surface area contributed by atoms with E-state index in [1.807, 2.05) is 0 Å². The van der Waals surface area contributed by atoms with Crippen LogP contribution in [0.25, 0.3) is 0 Å². The smallest absolute Gasteiger partial charge is 0.327 e. The molecule has 0 aromatic heterocycles. The van der Waals surface area contributed by atoms with Crippen molar-refractivity contribution >= 4 is 21.8 Å². The standard InChI is InChI=1S/C9H13NO5S/c1-9(2-3-16(13,14)6-9)10-4-7(11)15-8(12)5-10/h2-6H2,1H3. The van der Waals surface area contributed by atoms with Gasteiger partial charge in [-0.05, 0) is 13.3 Å². The molecule has 7 heteroatoms. The van der Waals surface area contributed by atoms with Crippen molar-refractivity contribution < 1.29 is 22.7 Å². The summed E-state index contributed by atoms with van der Waals surface area (Å²) in [4.78, 5) is 23.8. The van der Waals surface area contributed by atoms with Crippen molar-refractivity contribution in [1.82, 2.24) is 4.90 Å². The molecule has 0 N–H and O–H groups in total. The number of hydrogen-bond acceptors (Lipinski definition) is 6. The van der Waals surface area contributed by atoms with E-state index in [1.54, 1.807) is 11.8 Å². The Bertz CT molecular complexity index is 427. The number of ether oxygens (including phenoxy) is 1. The fourth-order valence-corrected chi connectivity index (χ4v) is 4.35. The molecule has 2 aliphatic rings. The van der Waals surface area contributed by atoms with Gasteiger partial charge in [0, 0.05) is 5.54 Å². The molecule has 0 saturated carbocycles. The minimum absolute atomic E-state index is 0.000556. The zero-order valence-electron chi connectivity index (χ0n) is 8.93. The zero-order valence-corrected chi connectivity index (χ0v) is 9.75. The largest absolute Gasteiger partial charge is 0.391 e. The molecule has 0 aromatic carbocycles. The summed E-state index contributed by atoms with van der Waals surface area (Å²) in [6.07, 6.45) is 0.454. The molecular weight excluding hydrogens is 234 g/mol. The van der Waals surface area contributed by atoms with Gasteiger partial charge in [0.2, 0.25) is 0 Å². The highest BCUT2D eigenvalue weighted by molar-refractivity contribution is 7.91. The summed E-state index contributed by atoms with van der Waals surface area (Å²) < 4.78 is 27.3. The average molecular weight is 247 g/mol. The first-order valence-corrected chi connectivity index (χ1v) is 6.82. The lowest BCUT2D eigenvalue weighted by atomic mass is 9.99. The van der Waals surface area contributed by atoms with E-state index in [-0.39, 0.29) is 24.6 Å². The number of carbonyl (C=O) groups is 2. The van der Waals surface area contributed by atoms with Gasteiger partial charge in [-0.25, -0.2) is 8.42 Å². The highest BCUT2D eigenvalue weighted by atomic mass is 32.2. The van der Waals surface area contributed by atoms with E-state index >= 15 is 0 Å². The van der Waals surface area contributed by atoms with Gasteiger partial charge < -0.3 is 4.74 Å². The van der Waals surface area contributed by atoms with Crippen LogP contribution in [0, 0.1) is 0 Å². The number of sulfone groups is 1. The van der Waals surface area contributed by atoms with Gasteiger partial charge in [-0.1, -0.05) is 0 Å². The molecule has 2 rings (SSSR count). The van der Waals surface area contributed by atoms with Crippen molar-refractivity contribution in [1.29, 1.82) is 0 Å². The number of esters is 2. The fraction of sp³-hybridized carbons (Fsp3) is 0.778. The second kappa shape index (κ2) is 3.53. The van der Waals surface area contributed by atoms with Crippen molar-refractivity contribution in [3.8, 4) is 0 Å². The predicted molar refractivity (Wildman–Crippen MR) is 54.3 cm³/mol. The lowest BCUT2D eigenvalue weighted by Crippen LogP contribution is -2.55. The number of carbonyl (C=O) groups excluding carboxylic acids is 2. The van der Waals surface area contributed by atoms with Crippen LogP contribution in [0.15, 0.2) is 0 Å². The summed E-state index contributed by atoms with van der Waals surface area (Å²) in [5, 5.41) is 0. The fourth-order valence-electron chi connectivity index (χ4n) is 2.18. The molecule has 0 aliphatic carbocycles. The summed E-state index contributed by atoms with van der Waals surface area (Å²) in [5.74, 6) is -1.10. The highest BCUT2D eigenvalue weighted by Gasteiger charge is 2.45. The molecule has 90 valence electrons. The van der Waals surface area contributed by atoms with Gasteiger partial charge in [-0.15, -0.1) is 0 Å². The van der Waals surface area contributed by atoms with E-state index in [1.165, 1.54) is 0 Å². The maximum absolute atomic E-state index is 11.4. The molecule has 0 bridgehead atoms. The van der Waals surface area contributed by atoms with E-state index < -0.39 is 27.3 Å². The molecule has 0 aromatic rings. The van der Waals surface area contributed by atoms with Gasteiger partial charge >= 0.3 is 11.9 Å².